The number of nitro groups is 1. The molecule has 0 bridgehead atoms. The summed E-state index contributed by atoms with van der Waals surface area (Å²) in [5, 5.41) is 25.4. The van der Waals surface area contributed by atoms with Gasteiger partial charge in [0.1, 0.15) is 5.75 Å². The van der Waals surface area contributed by atoms with Gasteiger partial charge in [0.2, 0.25) is 0 Å². The van der Waals surface area contributed by atoms with Crippen LogP contribution in [0.5, 0.6) is 5.75 Å². The van der Waals surface area contributed by atoms with Gasteiger partial charge in [-0.15, -0.1) is 0 Å². The van der Waals surface area contributed by atoms with Crippen molar-refractivity contribution in [1.82, 2.24) is 0 Å². The predicted octanol–water partition coefficient (Wildman–Crippen LogP) is 5.90. The second kappa shape index (κ2) is 10.4. The molecule has 176 valence electrons. The molecule has 0 aliphatic rings. The van der Waals surface area contributed by atoms with E-state index in [0.717, 1.165) is 17.0 Å². The zero-order valence-corrected chi connectivity index (χ0v) is 20.4. The van der Waals surface area contributed by atoms with E-state index in [1.54, 1.807) is 4.57 Å². The summed E-state index contributed by atoms with van der Waals surface area (Å²) < 4.78 is 7.21. The molecule has 0 fully saturated rings. The van der Waals surface area contributed by atoms with Crippen molar-refractivity contribution in [3.05, 3.63) is 94.3 Å². The van der Waals surface area contributed by atoms with Gasteiger partial charge in [0.05, 0.1) is 11.5 Å². The SMILES string of the molecule is CCOc1ccc(NC(=S)/C(=C(/O)c2ccc([N+](=O)[O-])cc2)[n+]2ccc(C(C)(C)C)cc2)cc1. The van der Waals surface area contributed by atoms with Crippen molar-refractivity contribution < 1.29 is 19.3 Å². The van der Waals surface area contributed by atoms with Gasteiger partial charge in [-0.05, 0) is 54.3 Å². The van der Waals surface area contributed by atoms with Crippen molar-refractivity contribution in [1.29, 1.82) is 0 Å². The lowest BCUT2D eigenvalue weighted by Crippen LogP contribution is -2.39. The second-order valence-electron chi connectivity index (χ2n) is 8.66. The number of hydrogen-bond donors (Lipinski definition) is 2. The largest absolute Gasteiger partial charge is 0.502 e. The van der Waals surface area contributed by atoms with Crippen molar-refractivity contribution >= 4 is 40.0 Å². The lowest BCUT2D eigenvalue weighted by molar-refractivity contribution is -0.575. The van der Waals surface area contributed by atoms with Gasteiger partial charge < -0.3 is 15.2 Å². The third-order valence-electron chi connectivity index (χ3n) is 5.17. The fourth-order valence-corrected chi connectivity index (χ4v) is 3.61. The minimum atomic E-state index is -0.483. The molecule has 0 unspecified atom stereocenters. The van der Waals surface area contributed by atoms with Gasteiger partial charge in [-0.1, -0.05) is 33.0 Å². The molecule has 1 heterocycles. The van der Waals surface area contributed by atoms with Gasteiger partial charge in [0, 0.05) is 35.5 Å². The van der Waals surface area contributed by atoms with Crippen LogP contribution in [0, 0.1) is 10.1 Å². The van der Waals surface area contributed by atoms with Gasteiger partial charge in [0.15, 0.2) is 23.1 Å². The summed E-state index contributed by atoms with van der Waals surface area (Å²) >= 11 is 5.68. The number of aliphatic hydroxyl groups is 1. The van der Waals surface area contributed by atoms with E-state index in [9.17, 15) is 15.2 Å². The number of thiocarbonyl (C=S) groups is 1. The fourth-order valence-electron chi connectivity index (χ4n) is 3.29. The van der Waals surface area contributed by atoms with Gasteiger partial charge in [-0.2, -0.15) is 4.57 Å². The maximum Gasteiger partial charge on any atom is 0.288 e. The number of aliphatic hydroxyl groups excluding tert-OH is 1. The normalized spacial score (nSPS) is 12.0. The Morgan fingerprint density at radius 1 is 1.06 bits per heavy atom. The first-order chi connectivity index (χ1) is 16.1. The average molecular weight is 479 g/mol. The number of hydrogen-bond acceptors (Lipinski definition) is 5. The van der Waals surface area contributed by atoms with E-state index < -0.39 is 4.92 Å². The van der Waals surface area contributed by atoms with Crippen molar-refractivity contribution in [2.45, 2.75) is 33.1 Å². The van der Waals surface area contributed by atoms with E-state index in [4.69, 9.17) is 17.0 Å². The van der Waals surface area contributed by atoms with Crippen molar-refractivity contribution in [2.24, 2.45) is 0 Å². The van der Waals surface area contributed by atoms with E-state index in [1.807, 2.05) is 55.7 Å². The number of nitrogens with one attached hydrogen (secondary N) is 1. The Labute approximate surface area is 204 Å². The first-order valence-corrected chi connectivity index (χ1v) is 11.3. The van der Waals surface area contributed by atoms with E-state index in [2.05, 4.69) is 26.1 Å². The van der Waals surface area contributed by atoms with Crippen LogP contribution < -0.4 is 14.6 Å². The van der Waals surface area contributed by atoms with E-state index in [0.29, 0.717) is 17.9 Å². The van der Waals surface area contributed by atoms with E-state index >= 15 is 0 Å². The maximum atomic E-state index is 11.2. The van der Waals surface area contributed by atoms with Crippen LogP contribution in [0.4, 0.5) is 11.4 Å². The van der Waals surface area contributed by atoms with Crippen molar-refractivity contribution in [3.63, 3.8) is 0 Å². The van der Waals surface area contributed by atoms with Gasteiger partial charge in [0.25, 0.3) is 11.4 Å². The summed E-state index contributed by atoms with van der Waals surface area (Å²) in [5.74, 6) is 0.641. The summed E-state index contributed by atoms with van der Waals surface area (Å²) in [6.07, 6.45) is 3.67. The lowest BCUT2D eigenvalue weighted by Gasteiger charge is -2.18. The molecular formula is C26H28N3O4S+. The molecule has 3 aromatic rings. The third-order valence-corrected chi connectivity index (χ3v) is 5.46. The summed E-state index contributed by atoms with van der Waals surface area (Å²) in [6.45, 7) is 8.85. The Bertz CT molecular complexity index is 1200. The minimum absolute atomic E-state index is 0.0373. The highest BCUT2D eigenvalue weighted by molar-refractivity contribution is 7.81. The number of nitro benzene ring substituents is 1. The number of pyridine rings is 1. The molecule has 8 heteroatoms. The highest BCUT2D eigenvalue weighted by Gasteiger charge is 2.25. The van der Waals surface area contributed by atoms with Crippen LogP contribution in [0.1, 0.15) is 38.8 Å². The van der Waals surface area contributed by atoms with Gasteiger partial charge in [-0.25, -0.2) is 0 Å². The van der Waals surface area contributed by atoms with Crippen LogP contribution in [0.25, 0.3) is 11.5 Å². The first kappa shape index (κ1) is 24.9. The van der Waals surface area contributed by atoms with Crippen LogP contribution in [0.15, 0.2) is 73.1 Å². The zero-order valence-electron chi connectivity index (χ0n) is 19.6. The smallest absolute Gasteiger partial charge is 0.288 e. The van der Waals surface area contributed by atoms with Crippen molar-refractivity contribution in [3.8, 4) is 5.75 Å². The quantitative estimate of drug-likeness (QED) is 0.110. The molecule has 34 heavy (non-hydrogen) atoms. The fraction of sp³-hybridized carbons (Fsp3) is 0.231. The number of benzene rings is 2. The van der Waals surface area contributed by atoms with Crippen LogP contribution >= 0.6 is 12.2 Å². The van der Waals surface area contributed by atoms with E-state index in [-0.39, 0.29) is 21.9 Å². The summed E-state index contributed by atoms with van der Waals surface area (Å²) in [4.78, 5) is 10.8. The third kappa shape index (κ3) is 5.96. The van der Waals surface area contributed by atoms with Crippen LogP contribution in [0.2, 0.25) is 0 Å². The number of aromatic nitrogens is 1. The molecule has 7 nitrogen and oxygen atoms in total. The molecule has 3 rings (SSSR count). The molecule has 2 aromatic carbocycles. The zero-order chi connectivity index (χ0) is 24.9. The molecule has 2 N–H and O–H groups in total. The van der Waals surface area contributed by atoms with Crippen LogP contribution in [-0.2, 0) is 5.41 Å². The highest BCUT2D eigenvalue weighted by atomic mass is 32.1. The Hall–Kier alpha value is -3.78. The summed E-state index contributed by atoms with van der Waals surface area (Å²) in [5.41, 5.74) is 2.51. The molecular weight excluding hydrogens is 450 g/mol. The predicted molar refractivity (Wildman–Crippen MR) is 138 cm³/mol. The molecule has 0 atom stereocenters. The van der Waals surface area contributed by atoms with Gasteiger partial charge in [-0.3, -0.25) is 10.1 Å². The summed E-state index contributed by atoms with van der Waals surface area (Å²) in [6, 6.07) is 17.0. The Morgan fingerprint density at radius 2 is 1.65 bits per heavy atom. The number of non-ortho nitro benzene ring substituents is 1. The molecule has 0 aliphatic carbocycles. The maximum absolute atomic E-state index is 11.2. The minimum Gasteiger partial charge on any atom is -0.502 e. The summed E-state index contributed by atoms with van der Waals surface area (Å²) in [7, 11) is 0. The number of nitrogens with zero attached hydrogens (tertiary/aromatic N) is 2. The van der Waals surface area contributed by atoms with Gasteiger partial charge >= 0.3 is 0 Å². The molecule has 0 spiro atoms. The Kier molecular flexibility index (Phi) is 7.63. The van der Waals surface area contributed by atoms with Crippen LogP contribution in [-0.4, -0.2) is 21.6 Å². The molecule has 0 aliphatic heterocycles. The number of anilines is 1. The molecule has 0 saturated carbocycles. The molecule has 1 aromatic heterocycles. The molecule has 0 saturated heterocycles. The number of ether oxygens (including phenoxy) is 1. The number of rotatable bonds is 7. The average Bonchev–Trinajstić information content (AvgIpc) is 2.80. The van der Waals surface area contributed by atoms with Crippen LogP contribution in [0.3, 0.4) is 0 Å². The monoisotopic (exact) mass is 478 g/mol. The lowest BCUT2D eigenvalue weighted by atomic mass is 9.88. The van der Waals surface area contributed by atoms with Crippen molar-refractivity contribution in [2.75, 3.05) is 11.9 Å². The van der Waals surface area contributed by atoms with E-state index in [1.165, 1.54) is 24.3 Å². The Balaban J connectivity index is 2.02. The Morgan fingerprint density at radius 3 is 2.15 bits per heavy atom. The first-order valence-electron chi connectivity index (χ1n) is 10.8. The molecule has 0 amide bonds. The topological polar surface area (TPSA) is 88.5 Å². The highest BCUT2D eigenvalue weighted by Crippen LogP contribution is 2.24. The molecule has 0 radical (unpaired) electrons. The second-order valence-corrected chi connectivity index (χ2v) is 9.07. The standard InChI is InChI=1S/C26H27N3O4S/c1-5-33-22-12-8-20(9-13-22)27-25(34)23(28-16-14-19(15-17-28)26(2,3)4)24(30)18-6-10-21(11-7-18)29(31)32/h6-17H,5H2,1-4H3,(H-,27,30,34)/p+1.